The molecule has 24 heavy (non-hydrogen) atoms. The Morgan fingerprint density at radius 1 is 0.708 bits per heavy atom. The van der Waals surface area contributed by atoms with Gasteiger partial charge in [0.05, 0.1) is 12.6 Å². The van der Waals surface area contributed by atoms with Crippen LogP contribution in [-0.2, 0) is 11.4 Å². The zero-order chi connectivity index (χ0) is 16.2. The standard InChI is InChI=1S/C22H19NO/c1-4-10-18(11-5-1)17-23-21(19-12-6-2-7-13-19)16-22(24-23)20-14-8-3-9-15-20/h1-16,21H,17H2. The smallest absolute Gasteiger partial charge is 0.152 e. The molecule has 0 radical (unpaired) electrons. The van der Waals surface area contributed by atoms with Crippen LogP contribution < -0.4 is 0 Å². The van der Waals surface area contributed by atoms with Crippen molar-refractivity contribution in [3.05, 3.63) is 114 Å². The maximum atomic E-state index is 6.21. The van der Waals surface area contributed by atoms with Gasteiger partial charge >= 0.3 is 0 Å². The van der Waals surface area contributed by atoms with Crippen molar-refractivity contribution in [2.45, 2.75) is 12.6 Å². The van der Waals surface area contributed by atoms with Crippen LogP contribution in [0.3, 0.4) is 0 Å². The number of rotatable bonds is 4. The third kappa shape index (κ3) is 3.10. The Hall–Kier alpha value is -2.84. The molecule has 1 aliphatic rings. The summed E-state index contributed by atoms with van der Waals surface area (Å²) in [4.78, 5) is 6.21. The summed E-state index contributed by atoms with van der Waals surface area (Å²) in [6, 6.07) is 31.3. The minimum absolute atomic E-state index is 0.113. The van der Waals surface area contributed by atoms with Gasteiger partial charge in [0.1, 0.15) is 0 Å². The molecule has 2 nitrogen and oxygen atoms in total. The number of benzene rings is 3. The highest BCUT2D eigenvalue weighted by Crippen LogP contribution is 2.36. The second-order valence-electron chi connectivity index (χ2n) is 5.90. The van der Waals surface area contributed by atoms with Gasteiger partial charge < -0.3 is 4.84 Å². The quantitative estimate of drug-likeness (QED) is 0.655. The van der Waals surface area contributed by atoms with E-state index in [1.165, 1.54) is 11.1 Å². The molecule has 0 aromatic heterocycles. The molecular weight excluding hydrogens is 294 g/mol. The molecule has 1 aliphatic heterocycles. The molecular formula is C22H19NO. The van der Waals surface area contributed by atoms with E-state index in [4.69, 9.17) is 4.84 Å². The van der Waals surface area contributed by atoms with Crippen LogP contribution >= 0.6 is 0 Å². The largest absolute Gasteiger partial charge is 0.404 e. The fourth-order valence-electron chi connectivity index (χ4n) is 3.00. The van der Waals surface area contributed by atoms with Gasteiger partial charge in [0, 0.05) is 5.56 Å². The van der Waals surface area contributed by atoms with E-state index in [-0.39, 0.29) is 6.04 Å². The van der Waals surface area contributed by atoms with Gasteiger partial charge in [-0.25, -0.2) is 0 Å². The molecule has 0 bridgehead atoms. The highest BCUT2D eigenvalue weighted by Gasteiger charge is 2.29. The van der Waals surface area contributed by atoms with Crippen LogP contribution in [0.2, 0.25) is 0 Å². The average Bonchev–Trinajstić information content (AvgIpc) is 3.08. The van der Waals surface area contributed by atoms with Gasteiger partial charge in [-0.2, -0.15) is 0 Å². The van der Waals surface area contributed by atoms with Gasteiger partial charge in [0.2, 0.25) is 0 Å². The van der Waals surface area contributed by atoms with Crippen LogP contribution in [-0.4, -0.2) is 5.06 Å². The molecule has 0 spiro atoms. The Balaban J connectivity index is 1.66. The van der Waals surface area contributed by atoms with E-state index in [0.717, 1.165) is 17.9 Å². The van der Waals surface area contributed by atoms with E-state index in [1.807, 2.05) is 35.4 Å². The molecule has 4 rings (SSSR count). The van der Waals surface area contributed by atoms with Crippen molar-refractivity contribution in [2.24, 2.45) is 0 Å². The van der Waals surface area contributed by atoms with Gasteiger partial charge in [-0.3, -0.25) is 0 Å². The van der Waals surface area contributed by atoms with Gasteiger partial charge in [-0.15, -0.1) is 5.06 Å². The lowest BCUT2D eigenvalue weighted by Crippen LogP contribution is -2.22. The Labute approximate surface area is 142 Å². The first-order valence-corrected chi connectivity index (χ1v) is 8.21. The van der Waals surface area contributed by atoms with E-state index in [0.29, 0.717) is 0 Å². The second kappa shape index (κ2) is 6.73. The van der Waals surface area contributed by atoms with E-state index in [9.17, 15) is 0 Å². The Morgan fingerprint density at radius 3 is 1.96 bits per heavy atom. The molecule has 1 unspecified atom stereocenters. The second-order valence-corrected chi connectivity index (χ2v) is 5.90. The lowest BCUT2D eigenvalue weighted by molar-refractivity contribution is -0.101. The molecule has 0 aliphatic carbocycles. The fraction of sp³-hybridized carbons (Fsp3) is 0.0909. The highest BCUT2D eigenvalue weighted by molar-refractivity contribution is 5.62. The molecule has 2 heteroatoms. The molecule has 0 saturated carbocycles. The molecule has 0 fully saturated rings. The fourth-order valence-corrected chi connectivity index (χ4v) is 3.00. The number of hydrogen-bond donors (Lipinski definition) is 0. The van der Waals surface area contributed by atoms with Crippen molar-refractivity contribution >= 4 is 5.76 Å². The summed E-state index contributed by atoms with van der Waals surface area (Å²) >= 11 is 0. The zero-order valence-electron chi connectivity index (χ0n) is 13.4. The van der Waals surface area contributed by atoms with Crippen LogP contribution in [0.15, 0.2) is 97.1 Å². The summed E-state index contributed by atoms with van der Waals surface area (Å²) in [5.74, 6) is 0.917. The first kappa shape index (κ1) is 14.7. The van der Waals surface area contributed by atoms with Crippen molar-refractivity contribution in [3.8, 4) is 0 Å². The highest BCUT2D eigenvalue weighted by atomic mass is 16.7. The Kier molecular flexibility index (Phi) is 4.13. The van der Waals surface area contributed by atoms with E-state index >= 15 is 0 Å². The maximum absolute atomic E-state index is 6.21. The number of hydroxylamine groups is 2. The minimum Gasteiger partial charge on any atom is -0.404 e. The molecule has 3 aromatic carbocycles. The van der Waals surface area contributed by atoms with Gasteiger partial charge in [0.15, 0.2) is 5.76 Å². The molecule has 118 valence electrons. The SMILES string of the molecule is C1=C(c2ccccc2)ON(Cc2ccccc2)C1c1ccccc1. The predicted octanol–water partition coefficient (Wildman–Crippen LogP) is 5.22. The van der Waals surface area contributed by atoms with Gasteiger partial charge in [-0.1, -0.05) is 91.0 Å². The topological polar surface area (TPSA) is 12.5 Å². The van der Waals surface area contributed by atoms with Gasteiger partial charge in [0.25, 0.3) is 0 Å². The Bertz CT molecular complexity index is 812. The normalized spacial score (nSPS) is 17.3. The third-order valence-electron chi connectivity index (χ3n) is 4.22. The summed E-state index contributed by atoms with van der Waals surface area (Å²) < 4.78 is 0. The number of nitrogens with zero attached hydrogens (tertiary/aromatic N) is 1. The van der Waals surface area contributed by atoms with Crippen molar-refractivity contribution in [2.75, 3.05) is 0 Å². The van der Waals surface area contributed by atoms with Crippen LogP contribution in [0.1, 0.15) is 22.7 Å². The lowest BCUT2D eigenvalue weighted by atomic mass is 10.0. The van der Waals surface area contributed by atoms with Crippen molar-refractivity contribution in [3.63, 3.8) is 0 Å². The first-order chi connectivity index (χ1) is 11.9. The summed E-state index contributed by atoms with van der Waals surface area (Å²) in [6.07, 6.45) is 2.20. The minimum atomic E-state index is 0.113. The molecule has 1 heterocycles. The van der Waals surface area contributed by atoms with E-state index in [2.05, 4.69) is 66.7 Å². The third-order valence-corrected chi connectivity index (χ3v) is 4.22. The predicted molar refractivity (Wildman–Crippen MR) is 96.7 cm³/mol. The van der Waals surface area contributed by atoms with Gasteiger partial charge in [-0.05, 0) is 17.2 Å². The van der Waals surface area contributed by atoms with Crippen molar-refractivity contribution < 1.29 is 4.84 Å². The number of hydrogen-bond acceptors (Lipinski definition) is 2. The molecule has 0 amide bonds. The summed E-state index contributed by atoms with van der Waals surface area (Å²) in [7, 11) is 0. The van der Waals surface area contributed by atoms with Crippen LogP contribution in [0.5, 0.6) is 0 Å². The first-order valence-electron chi connectivity index (χ1n) is 8.21. The summed E-state index contributed by atoms with van der Waals surface area (Å²) in [5, 5.41) is 2.05. The van der Waals surface area contributed by atoms with Crippen LogP contribution in [0, 0.1) is 0 Å². The zero-order valence-corrected chi connectivity index (χ0v) is 13.4. The van der Waals surface area contributed by atoms with E-state index in [1.54, 1.807) is 0 Å². The summed E-state index contributed by atoms with van der Waals surface area (Å²) in [5.41, 5.74) is 3.58. The molecule has 0 saturated heterocycles. The monoisotopic (exact) mass is 313 g/mol. The van der Waals surface area contributed by atoms with Crippen LogP contribution in [0.25, 0.3) is 5.76 Å². The summed E-state index contributed by atoms with van der Waals surface area (Å²) in [6.45, 7) is 0.743. The van der Waals surface area contributed by atoms with E-state index < -0.39 is 0 Å². The molecule has 3 aromatic rings. The Morgan fingerprint density at radius 2 is 1.29 bits per heavy atom. The molecule has 0 N–H and O–H groups in total. The van der Waals surface area contributed by atoms with Crippen LogP contribution in [0.4, 0.5) is 0 Å². The average molecular weight is 313 g/mol. The maximum Gasteiger partial charge on any atom is 0.152 e. The lowest BCUT2D eigenvalue weighted by Gasteiger charge is -2.23. The van der Waals surface area contributed by atoms with Crippen molar-refractivity contribution in [1.82, 2.24) is 5.06 Å². The van der Waals surface area contributed by atoms with Crippen molar-refractivity contribution in [1.29, 1.82) is 0 Å². The molecule has 1 atom stereocenters.